The molecule has 0 saturated heterocycles. The minimum absolute atomic E-state index is 0. The van der Waals surface area contributed by atoms with Gasteiger partial charge in [-0.3, -0.25) is 0 Å². The molecule has 0 aromatic heterocycles. The molecule has 3 aromatic rings. The molecule has 0 fully saturated rings. The van der Waals surface area contributed by atoms with E-state index in [1.807, 2.05) is 0 Å². The Balaban J connectivity index is 0.00000132. The van der Waals surface area contributed by atoms with Gasteiger partial charge in [-0.15, -0.1) is 24.8 Å². The summed E-state index contributed by atoms with van der Waals surface area (Å²) in [6, 6.07) is 33.1. The van der Waals surface area contributed by atoms with E-state index >= 15 is 0 Å². The van der Waals surface area contributed by atoms with E-state index in [0.717, 1.165) is 0 Å². The molecule has 0 aliphatic heterocycles. The Morgan fingerprint density at radius 2 is 0.783 bits per heavy atom. The molecule has 3 rings (SSSR count). The van der Waals surface area contributed by atoms with Crippen LogP contribution in [-0.4, -0.2) is 6.16 Å². The normalized spacial score (nSPS) is 11.0. The predicted molar refractivity (Wildman–Crippen MR) is 112 cm³/mol. The van der Waals surface area contributed by atoms with E-state index in [0.29, 0.717) is 0 Å². The predicted octanol–water partition coefficient (Wildman–Crippen LogP) is 4.58. The SMILES string of the molecule is CC[PH](c1ccccc1)(c1ccccc1)c1ccccc1.Cl.Cl. The molecule has 0 N–H and O–H groups in total. The molecule has 0 atom stereocenters. The molecule has 0 heterocycles. The summed E-state index contributed by atoms with van der Waals surface area (Å²) in [6.07, 6.45) is 1.17. The van der Waals surface area contributed by atoms with Gasteiger partial charge in [-0.1, -0.05) is 0 Å². The van der Waals surface area contributed by atoms with Crippen LogP contribution in [0.1, 0.15) is 6.92 Å². The van der Waals surface area contributed by atoms with E-state index in [2.05, 4.69) is 97.9 Å². The van der Waals surface area contributed by atoms with Crippen LogP contribution in [0.5, 0.6) is 0 Å². The smallest absolute Gasteiger partial charge is 0.147 e. The Morgan fingerprint density at radius 3 is 1.00 bits per heavy atom. The van der Waals surface area contributed by atoms with E-state index < -0.39 is 7.26 Å². The summed E-state index contributed by atoms with van der Waals surface area (Å²) in [5, 5.41) is 4.47. The summed E-state index contributed by atoms with van der Waals surface area (Å²) in [6.45, 7) is 2.33. The van der Waals surface area contributed by atoms with Gasteiger partial charge in [0.15, 0.2) is 0 Å². The van der Waals surface area contributed by atoms with E-state index in [-0.39, 0.29) is 24.8 Å². The van der Waals surface area contributed by atoms with Gasteiger partial charge in [-0.25, -0.2) is 0 Å². The van der Waals surface area contributed by atoms with Crippen LogP contribution in [0.3, 0.4) is 0 Å². The Kier molecular flexibility index (Phi) is 7.79. The fourth-order valence-corrected chi connectivity index (χ4v) is 7.79. The van der Waals surface area contributed by atoms with Crippen molar-refractivity contribution in [3.8, 4) is 0 Å². The maximum atomic E-state index is 2.33. The third-order valence-corrected chi connectivity index (χ3v) is 9.35. The average Bonchev–Trinajstić information content (AvgIpc) is 2.59. The number of hydrogen-bond acceptors (Lipinski definition) is 0. The number of halogens is 2. The molecule has 0 bridgehead atoms. The maximum absolute atomic E-state index is 2.33. The van der Waals surface area contributed by atoms with Gasteiger partial charge in [0.1, 0.15) is 0 Å². The monoisotopic (exact) mass is 364 g/mol. The molecular weight excluding hydrogens is 342 g/mol. The van der Waals surface area contributed by atoms with Crippen molar-refractivity contribution in [3.05, 3.63) is 91.0 Å². The first-order chi connectivity index (χ1) is 10.4. The summed E-state index contributed by atoms with van der Waals surface area (Å²) in [4.78, 5) is 0. The van der Waals surface area contributed by atoms with Gasteiger partial charge in [0.25, 0.3) is 0 Å². The molecule has 0 spiro atoms. The van der Waals surface area contributed by atoms with Gasteiger partial charge in [0.2, 0.25) is 0 Å². The molecule has 3 heteroatoms. The minimum atomic E-state index is -1.90. The maximum Gasteiger partial charge on any atom is -0.147 e. The Hall–Kier alpha value is -1.33. The van der Waals surface area contributed by atoms with Crippen LogP contribution in [0.2, 0.25) is 0 Å². The van der Waals surface area contributed by atoms with Gasteiger partial charge in [0.05, 0.1) is 0 Å². The van der Waals surface area contributed by atoms with Crippen LogP contribution in [-0.2, 0) is 0 Å². The molecule has 0 amide bonds. The van der Waals surface area contributed by atoms with Crippen molar-refractivity contribution < 1.29 is 0 Å². The number of rotatable bonds is 4. The minimum Gasteiger partial charge on any atom is -0.147 e. The van der Waals surface area contributed by atoms with Crippen LogP contribution in [0.4, 0.5) is 0 Å². The standard InChI is InChI=1S/C20H21P.2ClH/c1-2-21(18-12-6-3-7-13-18,19-14-8-4-9-15-19)20-16-10-5-11-17-20;;/h3-17,21H,2H2,1H3;2*1H. The van der Waals surface area contributed by atoms with Crippen LogP contribution >= 0.6 is 32.1 Å². The third-order valence-electron chi connectivity index (χ3n) is 4.33. The quantitative estimate of drug-likeness (QED) is 0.594. The molecule has 0 radical (unpaired) electrons. The summed E-state index contributed by atoms with van der Waals surface area (Å²) < 4.78 is 0. The molecule has 0 unspecified atom stereocenters. The third kappa shape index (κ3) is 3.78. The molecule has 23 heavy (non-hydrogen) atoms. The van der Waals surface area contributed by atoms with Crippen LogP contribution in [0, 0.1) is 0 Å². The molecule has 3 aromatic carbocycles. The van der Waals surface area contributed by atoms with E-state index in [1.165, 1.54) is 22.1 Å². The summed E-state index contributed by atoms with van der Waals surface area (Å²) in [7, 11) is -1.90. The van der Waals surface area contributed by atoms with E-state index in [4.69, 9.17) is 0 Å². The van der Waals surface area contributed by atoms with Gasteiger partial charge in [0, 0.05) is 0 Å². The fraction of sp³-hybridized carbons (Fsp3) is 0.100. The van der Waals surface area contributed by atoms with Crippen LogP contribution in [0.15, 0.2) is 91.0 Å². The first kappa shape index (κ1) is 19.7. The zero-order valence-corrected chi connectivity index (χ0v) is 15.8. The fourth-order valence-electron chi connectivity index (χ4n) is 3.28. The van der Waals surface area contributed by atoms with Gasteiger partial charge >= 0.3 is 127 Å². The Morgan fingerprint density at radius 1 is 0.522 bits per heavy atom. The summed E-state index contributed by atoms with van der Waals surface area (Å²) in [5.74, 6) is 0. The van der Waals surface area contributed by atoms with Crippen molar-refractivity contribution >= 4 is 48.0 Å². The van der Waals surface area contributed by atoms with E-state index in [9.17, 15) is 0 Å². The molecule has 0 aliphatic carbocycles. The molecule has 0 saturated carbocycles. The number of hydrogen-bond donors (Lipinski definition) is 0. The average molecular weight is 365 g/mol. The van der Waals surface area contributed by atoms with Crippen molar-refractivity contribution in [1.29, 1.82) is 0 Å². The molecule has 122 valence electrons. The van der Waals surface area contributed by atoms with Crippen molar-refractivity contribution in [1.82, 2.24) is 0 Å². The summed E-state index contributed by atoms with van der Waals surface area (Å²) >= 11 is 0. The van der Waals surface area contributed by atoms with Crippen molar-refractivity contribution in [3.63, 3.8) is 0 Å². The Labute approximate surface area is 152 Å². The molecular formula is C20H23Cl2P. The molecule has 0 nitrogen and oxygen atoms in total. The number of benzene rings is 3. The van der Waals surface area contributed by atoms with Crippen LogP contribution in [0.25, 0.3) is 0 Å². The van der Waals surface area contributed by atoms with Crippen molar-refractivity contribution in [2.45, 2.75) is 6.92 Å². The zero-order chi connectivity index (χ0) is 14.5. The first-order valence-electron chi connectivity index (χ1n) is 7.54. The van der Waals surface area contributed by atoms with Gasteiger partial charge in [-0.2, -0.15) is 0 Å². The van der Waals surface area contributed by atoms with Crippen molar-refractivity contribution in [2.75, 3.05) is 6.16 Å². The second kappa shape index (κ2) is 9.08. The summed E-state index contributed by atoms with van der Waals surface area (Å²) in [5.41, 5.74) is 0. The van der Waals surface area contributed by atoms with Crippen molar-refractivity contribution in [2.24, 2.45) is 0 Å². The largest absolute Gasteiger partial charge is 0.147 e. The second-order valence-corrected chi connectivity index (χ2v) is 9.61. The zero-order valence-electron chi connectivity index (χ0n) is 13.2. The van der Waals surface area contributed by atoms with Gasteiger partial charge in [-0.05, 0) is 0 Å². The Bertz CT molecular complexity index is 588. The second-order valence-electron chi connectivity index (χ2n) is 5.36. The van der Waals surface area contributed by atoms with E-state index in [1.54, 1.807) is 0 Å². The molecule has 0 aliphatic rings. The van der Waals surface area contributed by atoms with Crippen LogP contribution < -0.4 is 15.9 Å². The topological polar surface area (TPSA) is 0 Å². The first-order valence-corrected chi connectivity index (χ1v) is 9.75. The van der Waals surface area contributed by atoms with Gasteiger partial charge < -0.3 is 0 Å².